The van der Waals surface area contributed by atoms with Gasteiger partial charge in [-0.25, -0.2) is 0 Å². The molecule has 0 bridgehead atoms. The van der Waals surface area contributed by atoms with Crippen LogP contribution in [0.2, 0.25) is 0 Å². The van der Waals surface area contributed by atoms with Gasteiger partial charge in [0.25, 0.3) is 0 Å². The maximum absolute atomic E-state index is 10.7. The summed E-state index contributed by atoms with van der Waals surface area (Å²) in [5, 5.41) is 15.4. The maximum atomic E-state index is 10.7. The average molecular weight is 250 g/mol. The second kappa shape index (κ2) is 5.37. The molecule has 0 aliphatic rings. The van der Waals surface area contributed by atoms with E-state index >= 15 is 0 Å². The third kappa shape index (κ3) is 3.39. The monoisotopic (exact) mass is 249 g/mol. The second-order valence-corrected chi connectivity index (χ2v) is 4.96. The highest BCUT2D eigenvalue weighted by Crippen LogP contribution is 2.31. The van der Waals surface area contributed by atoms with Crippen LogP contribution in [0.1, 0.15) is 13.3 Å². The van der Waals surface area contributed by atoms with E-state index in [1.54, 1.807) is 7.05 Å². The molecule has 0 amide bonds. The normalized spacial score (nSPS) is 12.7. The highest BCUT2D eigenvalue weighted by molar-refractivity contribution is 8.00. The zero-order valence-electron chi connectivity index (χ0n) is 8.51. The Bertz CT molecular complexity index is 356. The first-order valence-corrected chi connectivity index (χ1v) is 5.86. The topological polar surface area (TPSA) is 61.0 Å². The van der Waals surface area contributed by atoms with Crippen LogP contribution in [0, 0.1) is 10.1 Å². The highest BCUT2D eigenvalue weighted by atomic mass is 35.5. The fourth-order valence-electron chi connectivity index (χ4n) is 1.07. The summed E-state index contributed by atoms with van der Waals surface area (Å²) in [6.07, 6.45) is 2.22. The standard InChI is InChI=1S/C8H12ClN3O2S/c1-6(3-4-9)15-8-7(12(13)14)5-11(2)10-8/h5-6H,3-4H2,1-2H3. The molecule has 0 aliphatic carbocycles. The minimum Gasteiger partial charge on any atom is -0.267 e. The Morgan fingerprint density at radius 2 is 2.47 bits per heavy atom. The van der Waals surface area contributed by atoms with Gasteiger partial charge in [-0.3, -0.25) is 14.8 Å². The first kappa shape index (κ1) is 12.3. The van der Waals surface area contributed by atoms with Crippen LogP contribution in [-0.4, -0.2) is 25.8 Å². The van der Waals surface area contributed by atoms with Gasteiger partial charge in [0.15, 0.2) is 5.03 Å². The molecule has 1 unspecified atom stereocenters. The molecule has 5 nitrogen and oxygen atoms in total. The number of hydrogen-bond donors (Lipinski definition) is 0. The Hall–Kier alpha value is -0.750. The van der Waals surface area contributed by atoms with Crippen molar-refractivity contribution >= 4 is 29.1 Å². The molecule has 84 valence electrons. The molecule has 0 aliphatic heterocycles. The first-order valence-electron chi connectivity index (χ1n) is 4.45. The van der Waals surface area contributed by atoms with Gasteiger partial charge in [-0.2, -0.15) is 5.10 Å². The molecule has 0 spiro atoms. The first-order chi connectivity index (χ1) is 7.04. The predicted molar refractivity (Wildman–Crippen MR) is 60.5 cm³/mol. The van der Waals surface area contributed by atoms with Crippen LogP contribution in [0.25, 0.3) is 0 Å². The third-order valence-corrected chi connectivity index (χ3v) is 3.17. The number of aromatic nitrogens is 2. The van der Waals surface area contributed by atoms with Crippen molar-refractivity contribution in [3.8, 4) is 0 Å². The van der Waals surface area contributed by atoms with E-state index in [1.165, 1.54) is 22.6 Å². The molecule has 15 heavy (non-hydrogen) atoms. The molecule has 1 heterocycles. The number of aryl methyl sites for hydroxylation is 1. The molecule has 0 fully saturated rings. The van der Waals surface area contributed by atoms with Gasteiger partial charge in [0.2, 0.25) is 0 Å². The molecule has 1 aromatic rings. The highest BCUT2D eigenvalue weighted by Gasteiger charge is 2.20. The molecule has 1 atom stereocenters. The van der Waals surface area contributed by atoms with E-state index in [2.05, 4.69) is 5.10 Å². The van der Waals surface area contributed by atoms with Crippen LogP contribution in [0.15, 0.2) is 11.2 Å². The van der Waals surface area contributed by atoms with Crippen molar-refractivity contribution in [1.82, 2.24) is 9.78 Å². The molecule has 0 saturated heterocycles. The van der Waals surface area contributed by atoms with Gasteiger partial charge in [0.1, 0.15) is 6.20 Å². The Balaban J connectivity index is 2.79. The lowest BCUT2D eigenvalue weighted by Gasteiger charge is -2.05. The van der Waals surface area contributed by atoms with Crippen molar-refractivity contribution in [1.29, 1.82) is 0 Å². The molecule has 1 rings (SSSR count). The van der Waals surface area contributed by atoms with Gasteiger partial charge < -0.3 is 0 Å². The van der Waals surface area contributed by atoms with Crippen molar-refractivity contribution in [3.63, 3.8) is 0 Å². The third-order valence-electron chi connectivity index (χ3n) is 1.80. The van der Waals surface area contributed by atoms with Crippen LogP contribution in [0.3, 0.4) is 0 Å². The fraction of sp³-hybridized carbons (Fsp3) is 0.625. The van der Waals surface area contributed by atoms with Gasteiger partial charge in [0.05, 0.1) is 4.92 Å². The van der Waals surface area contributed by atoms with E-state index in [0.29, 0.717) is 10.9 Å². The van der Waals surface area contributed by atoms with Crippen LogP contribution < -0.4 is 0 Å². The molecule has 0 aromatic carbocycles. The van der Waals surface area contributed by atoms with Gasteiger partial charge in [-0.1, -0.05) is 18.7 Å². The zero-order chi connectivity index (χ0) is 11.4. The quantitative estimate of drug-likeness (QED) is 0.348. The van der Waals surface area contributed by atoms with Crippen molar-refractivity contribution in [2.24, 2.45) is 7.05 Å². The molecular formula is C8H12ClN3O2S. The summed E-state index contributed by atoms with van der Waals surface area (Å²) in [7, 11) is 1.67. The van der Waals surface area contributed by atoms with E-state index < -0.39 is 4.92 Å². The Morgan fingerprint density at radius 3 is 3.00 bits per heavy atom. The van der Waals surface area contributed by atoms with Crippen molar-refractivity contribution in [2.75, 3.05) is 5.88 Å². The van der Waals surface area contributed by atoms with E-state index in [0.717, 1.165) is 6.42 Å². The molecule has 1 aromatic heterocycles. The fourth-order valence-corrected chi connectivity index (χ4v) is 2.57. The SMILES string of the molecule is CC(CCCl)Sc1nn(C)cc1[N+](=O)[O-]. The molecule has 0 N–H and O–H groups in total. The smallest absolute Gasteiger partial charge is 0.267 e. The van der Waals surface area contributed by atoms with Gasteiger partial charge in [-0.15, -0.1) is 11.6 Å². The lowest BCUT2D eigenvalue weighted by Crippen LogP contribution is -1.98. The van der Waals surface area contributed by atoms with E-state index in [9.17, 15) is 10.1 Å². The number of alkyl halides is 1. The number of halogens is 1. The summed E-state index contributed by atoms with van der Waals surface area (Å²) in [6, 6.07) is 0. The number of thioether (sulfide) groups is 1. The Labute approximate surface area is 96.9 Å². The van der Waals surface area contributed by atoms with Gasteiger partial charge >= 0.3 is 5.69 Å². The number of nitrogens with zero attached hydrogens (tertiary/aromatic N) is 3. The van der Waals surface area contributed by atoms with Crippen molar-refractivity contribution < 1.29 is 4.92 Å². The predicted octanol–water partition coefficient (Wildman–Crippen LogP) is 2.44. The maximum Gasteiger partial charge on any atom is 0.320 e. The Kier molecular flexibility index (Phi) is 4.41. The number of nitro groups is 1. The molecule has 0 radical (unpaired) electrons. The van der Waals surface area contributed by atoms with Crippen LogP contribution >= 0.6 is 23.4 Å². The van der Waals surface area contributed by atoms with Crippen molar-refractivity contribution in [2.45, 2.75) is 23.6 Å². The molecule has 7 heteroatoms. The summed E-state index contributed by atoms with van der Waals surface area (Å²) in [5.41, 5.74) is 0.0592. The summed E-state index contributed by atoms with van der Waals surface area (Å²) in [5.74, 6) is 0.550. The molecular weight excluding hydrogens is 238 g/mol. The summed E-state index contributed by atoms with van der Waals surface area (Å²) in [4.78, 5) is 10.3. The van der Waals surface area contributed by atoms with Crippen LogP contribution in [-0.2, 0) is 7.05 Å². The minimum atomic E-state index is -0.414. The second-order valence-electron chi connectivity index (χ2n) is 3.16. The van der Waals surface area contributed by atoms with E-state index in [1.807, 2.05) is 6.92 Å². The largest absolute Gasteiger partial charge is 0.320 e. The summed E-state index contributed by atoms with van der Waals surface area (Å²) < 4.78 is 1.45. The molecule has 0 saturated carbocycles. The summed E-state index contributed by atoms with van der Waals surface area (Å²) in [6.45, 7) is 1.98. The lowest BCUT2D eigenvalue weighted by molar-refractivity contribution is -0.387. The van der Waals surface area contributed by atoms with Gasteiger partial charge in [-0.05, 0) is 6.42 Å². The Morgan fingerprint density at radius 1 is 1.80 bits per heavy atom. The lowest BCUT2D eigenvalue weighted by atomic mass is 10.4. The minimum absolute atomic E-state index is 0.0592. The number of hydrogen-bond acceptors (Lipinski definition) is 4. The number of rotatable bonds is 5. The van der Waals surface area contributed by atoms with E-state index in [4.69, 9.17) is 11.6 Å². The zero-order valence-corrected chi connectivity index (χ0v) is 10.1. The van der Waals surface area contributed by atoms with Crippen LogP contribution in [0.4, 0.5) is 5.69 Å². The van der Waals surface area contributed by atoms with Crippen LogP contribution in [0.5, 0.6) is 0 Å². The van der Waals surface area contributed by atoms with E-state index in [-0.39, 0.29) is 10.9 Å². The van der Waals surface area contributed by atoms with Gasteiger partial charge in [0, 0.05) is 18.2 Å². The van der Waals surface area contributed by atoms with Crippen molar-refractivity contribution in [3.05, 3.63) is 16.3 Å². The summed E-state index contributed by atoms with van der Waals surface area (Å²) >= 11 is 6.98. The average Bonchev–Trinajstić information content (AvgIpc) is 2.47.